The molecule has 0 aliphatic heterocycles. The molecule has 2 nitrogen and oxygen atoms in total. The van der Waals surface area contributed by atoms with Crippen molar-refractivity contribution in [1.82, 2.24) is 0 Å². The quantitative estimate of drug-likeness (QED) is 0.627. The summed E-state index contributed by atoms with van der Waals surface area (Å²) < 4.78 is 29.6. The first-order chi connectivity index (χ1) is 9.04. The van der Waals surface area contributed by atoms with E-state index in [1.807, 2.05) is 0 Å². The van der Waals surface area contributed by atoms with Crippen molar-refractivity contribution in [2.24, 2.45) is 0 Å². The Balaban J connectivity index is 2.68. The Hall–Kier alpha value is -0.200. The summed E-state index contributed by atoms with van der Waals surface area (Å²) in [6.07, 6.45) is 4.08. The molecule has 1 aromatic rings. The average Bonchev–Trinajstić information content (AvgIpc) is 2.32. The minimum absolute atomic E-state index is 0.0873. The minimum Gasteiger partial charge on any atom is -0.431 e. The summed E-state index contributed by atoms with van der Waals surface area (Å²) in [5.41, 5.74) is 0.476. The molecule has 108 valence electrons. The summed E-state index contributed by atoms with van der Waals surface area (Å²) in [6, 6.07) is 3.11. The molecule has 0 amide bonds. The number of alkyl halides is 2. The van der Waals surface area contributed by atoms with Gasteiger partial charge in [-0.05, 0) is 52.9 Å². The van der Waals surface area contributed by atoms with Crippen molar-refractivity contribution >= 4 is 45.0 Å². The Morgan fingerprint density at radius 3 is 2.79 bits per heavy atom. The van der Waals surface area contributed by atoms with Crippen LogP contribution in [0.15, 0.2) is 16.6 Å². The summed E-state index contributed by atoms with van der Waals surface area (Å²) in [5.74, 6) is 1.17. The molecule has 1 rings (SSSR count). The van der Waals surface area contributed by atoms with Crippen molar-refractivity contribution < 1.29 is 13.5 Å². The van der Waals surface area contributed by atoms with Crippen LogP contribution in [0.1, 0.15) is 12.8 Å². The lowest BCUT2D eigenvalue weighted by Gasteiger charge is -2.14. The summed E-state index contributed by atoms with van der Waals surface area (Å²) in [6.45, 7) is -2.18. The van der Waals surface area contributed by atoms with Gasteiger partial charge in [0, 0.05) is 11.6 Å². The van der Waals surface area contributed by atoms with E-state index >= 15 is 0 Å². The highest BCUT2D eigenvalue weighted by Gasteiger charge is 2.14. The minimum atomic E-state index is -2.87. The summed E-state index contributed by atoms with van der Waals surface area (Å²) >= 11 is 10.9. The van der Waals surface area contributed by atoms with Gasteiger partial charge in [0.1, 0.15) is 0 Å². The van der Waals surface area contributed by atoms with Crippen molar-refractivity contribution in [3.05, 3.63) is 21.6 Å². The van der Waals surface area contributed by atoms with Crippen LogP contribution in [0.3, 0.4) is 0 Å². The van der Waals surface area contributed by atoms with Crippen molar-refractivity contribution in [2.75, 3.05) is 23.9 Å². The number of thioether (sulfide) groups is 1. The third-order valence-corrected chi connectivity index (χ3v) is 3.81. The fourth-order valence-electron chi connectivity index (χ4n) is 1.49. The fraction of sp³-hybridized carbons (Fsp3) is 0.500. The van der Waals surface area contributed by atoms with Gasteiger partial charge in [-0.3, -0.25) is 0 Å². The number of nitrogens with one attached hydrogen (secondary N) is 1. The van der Waals surface area contributed by atoms with Gasteiger partial charge in [0.25, 0.3) is 0 Å². The highest BCUT2D eigenvalue weighted by molar-refractivity contribution is 9.10. The summed E-state index contributed by atoms with van der Waals surface area (Å²) in [7, 11) is 0. The third-order valence-electron chi connectivity index (χ3n) is 2.31. The van der Waals surface area contributed by atoms with Gasteiger partial charge in [-0.2, -0.15) is 20.5 Å². The first kappa shape index (κ1) is 16.9. The maximum Gasteiger partial charge on any atom is 0.387 e. The van der Waals surface area contributed by atoms with E-state index in [1.165, 1.54) is 6.07 Å². The molecular weight excluding hydrogens is 360 g/mol. The number of ether oxygens (including phenoxy) is 1. The lowest BCUT2D eigenvalue weighted by atomic mass is 10.2. The second-order valence-corrected chi connectivity index (χ2v) is 6.05. The van der Waals surface area contributed by atoms with Crippen LogP contribution in [0, 0.1) is 0 Å². The zero-order valence-electron chi connectivity index (χ0n) is 10.4. The molecule has 0 saturated carbocycles. The molecule has 0 saturated heterocycles. The highest BCUT2D eigenvalue weighted by atomic mass is 79.9. The second-order valence-electron chi connectivity index (χ2n) is 3.77. The van der Waals surface area contributed by atoms with Crippen LogP contribution in [-0.4, -0.2) is 25.2 Å². The number of halogens is 4. The van der Waals surface area contributed by atoms with Crippen molar-refractivity contribution in [1.29, 1.82) is 0 Å². The normalized spacial score (nSPS) is 10.8. The standard InChI is InChI=1S/C12H15BrClF2NOS/c1-19-5-3-2-4-17-10-7-8(14)6-9(13)11(10)18-12(15)16/h6-7,12,17H,2-5H2,1H3. The van der Waals surface area contributed by atoms with Gasteiger partial charge in [0.2, 0.25) is 0 Å². The maximum atomic E-state index is 12.4. The molecule has 0 bridgehead atoms. The van der Waals surface area contributed by atoms with Crippen molar-refractivity contribution in [3.63, 3.8) is 0 Å². The molecule has 19 heavy (non-hydrogen) atoms. The number of hydrogen-bond acceptors (Lipinski definition) is 3. The monoisotopic (exact) mass is 373 g/mol. The molecule has 0 heterocycles. The molecule has 0 aliphatic rings. The van der Waals surface area contributed by atoms with E-state index in [2.05, 4.69) is 32.2 Å². The van der Waals surface area contributed by atoms with Gasteiger partial charge < -0.3 is 10.1 Å². The van der Waals surface area contributed by atoms with E-state index in [0.717, 1.165) is 18.6 Å². The van der Waals surface area contributed by atoms with Gasteiger partial charge in [-0.1, -0.05) is 11.6 Å². The van der Waals surface area contributed by atoms with Crippen LogP contribution in [0.4, 0.5) is 14.5 Å². The molecule has 0 unspecified atom stereocenters. The molecule has 0 atom stereocenters. The number of rotatable bonds is 8. The van der Waals surface area contributed by atoms with Crippen LogP contribution in [-0.2, 0) is 0 Å². The van der Waals surface area contributed by atoms with Crippen LogP contribution in [0.2, 0.25) is 5.02 Å². The molecular formula is C12H15BrClF2NOS. The molecule has 0 aliphatic carbocycles. The van der Waals surface area contributed by atoms with E-state index in [4.69, 9.17) is 11.6 Å². The Morgan fingerprint density at radius 2 is 2.16 bits per heavy atom. The molecule has 0 spiro atoms. The highest BCUT2D eigenvalue weighted by Crippen LogP contribution is 2.37. The largest absolute Gasteiger partial charge is 0.431 e. The Morgan fingerprint density at radius 1 is 1.42 bits per heavy atom. The molecule has 0 radical (unpaired) electrons. The van der Waals surface area contributed by atoms with Gasteiger partial charge in [-0.25, -0.2) is 0 Å². The number of benzene rings is 1. The van der Waals surface area contributed by atoms with Gasteiger partial charge in [0.05, 0.1) is 10.2 Å². The van der Waals surface area contributed by atoms with Gasteiger partial charge >= 0.3 is 6.61 Å². The van der Waals surface area contributed by atoms with Crippen LogP contribution >= 0.6 is 39.3 Å². The van der Waals surface area contributed by atoms with Crippen molar-refractivity contribution in [2.45, 2.75) is 19.5 Å². The smallest absolute Gasteiger partial charge is 0.387 e. The van der Waals surface area contributed by atoms with Gasteiger partial charge in [0.15, 0.2) is 5.75 Å². The predicted octanol–water partition coefficient (Wildman–Crippen LogP) is 5.26. The SMILES string of the molecule is CSCCCCNc1cc(Cl)cc(Br)c1OC(F)F. The Bertz CT molecular complexity index is 410. The second kappa shape index (κ2) is 8.87. The first-order valence-electron chi connectivity index (χ1n) is 5.71. The third kappa shape index (κ3) is 6.19. The van der Waals surface area contributed by atoms with E-state index in [1.54, 1.807) is 17.8 Å². The lowest BCUT2D eigenvalue weighted by Crippen LogP contribution is -2.08. The zero-order chi connectivity index (χ0) is 14.3. The number of hydrogen-bond donors (Lipinski definition) is 1. The van der Waals surface area contributed by atoms with Crippen LogP contribution in [0.5, 0.6) is 5.75 Å². The Labute approximate surface area is 129 Å². The van der Waals surface area contributed by atoms with Crippen LogP contribution in [0.25, 0.3) is 0 Å². The first-order valence-corrected chi connectivity index (χ1v) is 8.27. The molecule has 7 heteroatoms. The maximum absolute atomic E-state index is 12.4. The van der Waals surface area contributed by atoms with E-state index in [0.29, 0.717) is 21.7 Å². The molecule has 0 aromatic heterocycles. The summed E-state index contributed by atoms with van der Waals surface area (Å²) in [4.78, 5) is 0. The topological polar surface area (TPSA) is 21.3 Å². The summed E-state index contributed by atoms with van der Waals surface area (Å²) in [5, 5.41) is 3.54. The number of unbranched alkanes of at least 4 members (excludes halogenated alkanes) is 1. The van der Waals surface area contributed by atoms with Crippen LogP contribution < -0.4 is 10.1 Å². The zero-order valence-corrected chi connectivity index (χ0v) is 13.5. The number of anilines is 1. The molecule has 1 aromatic carbocycles. The average molecular weight is 375 g/mol. The van der Waals surface area contributed by atoms with E-state index < -0.39 is 6.61 Å². The Kier molecular flexibility index (Phi) is 7.87. The fourth-order valence-corrected chi connectivity index (χ4v) is 2.89. The molecule has 1 N–H and O–H groups in total. The van der Waals surface area contributed by atoms with E-state index in [9.17, 15) is 8.78 Å². The lowest BCUT2D eigenvalue weighted by molar-refractivity contribution is -0.0498. The van der Waals surface area contributed by atoms with E-state index in [-0.39, 0.29) is 5.75 Å². The predicted molar refractivity (Wildman–Crippen MR) is 81.9 cm³/mol. The van der Waals surface area contributed by atoms with Gasteiger partial charge in [-0.15, -0.1) is 0 Å². The van der Waals surface area contributed by atoms with Crippen molar-refractivity contribution in [3.8, 4) is 5.75 Å². The molecule has 0 fully saturated rings.